The number of nitrogens with one attached hydrogen (secondary N) is 1. The van der Waals surface area contributed by atoms with Gasteiger partial charge in [-0.05, 0) is 59.8 Å². The number of benzene rings is 2. The number of alkyl carbamates (subject to hydrolysis) is 1. The summed E-state index contributed by atoms with van der Waals surface area (Å²) in [5.41, 5.74) is 4.38. The Labute approximate surface area is 204 Å². The van der Waals surface area contributed by atoms with Gasteiger partial charge in [0.25, 0.3) is 0 Å². The molecule has 182 valence electrons. The van der Waals surface area contributed by atoms with Crippen molar-refractivity contribution >= 4 is 18.0 Å². The number of aliphatic carboxylic acids is 1. The van der Waals surface area contributed by atoms with E-state index in [4.69, 9.17) is 9.84 Å². The predicted molar refractivity (Wildman–Crippen MR) is 129 cm³/mol. The summed E-state index contributed by atoms with van der Waals surface area (Å²) in [6, 6.07) is 16.4. The van der Waals surface area contributed by atoms with Gasteiger partial charge in [-0.15, -0.1) is 0 Å². The van der Waals surface area contributed by atoms with Crippen LogP contribution in [0.4, 0.5) is 4.79 Å². The van der Waals surface area contributed by atoms with E-state index in [1.54, 1.807) is 0 Å². The summed E-state index contributed by atoms with van der Waals surface area (Å²) < 4.78 is 5.69. The van der Waals surface area contributed by atoms with E-state index in [9.17, 15) is 14.4 Å². The number of nitrogens with zero attached hydrogens (tertiary/aromatic N) is 1. The molecule has 0 radical (unpaired) electrons. The smallest absolute Gasteiger partial charge is 0.407 e. The lowest BCUT2D eigenvalue weighted by molar-refractivity contribution is -0.139. The molecule has 2 amide bonds. The van der Waals surface area contributed by atoms with Crippen LogP contribution in [-0.4, -0.2) is 53.7 Å². The molecule has 0 bridgehead atoms. The zero-order chi connectivity index (χ0) is 24.2. The maximum Gasteiger partial charge on any atom is 0.407 e. The highest BCUT2D eigenvalue weighted by molar-refractivity contribution is 5.87. The summed E-state index contributed by atoms with van der Waals surface area (Å²) >= 11 is 0. The molecule has 0 spiro atoms. The second kappa shape index (κ2) is 8.40. The van der Waals surface area contributed by atoms with Crippen LogP contribution in [-0.2, 0) is 14.3 Å². The lowest BCUT2D eigenvalue weighted by Crippen LogP contribution is -2.39. The summed E-state index contributed by atoms with van der Waals surface area (Å²) in [7, 11) is 0. The number of hydrogen-bond donors (Lipinski definition) is 2. The highest BCUT2D eigenvalue weighted by atomic mass is 16.5. The molecule has 2 aromatic carbocycles. The van der Waals surface area contributed by atoms with E-state index in [1.807, 2.05) is 29.2 Å². The van der Waals surface area contributed by atoms with E-state index in [2.05, 4.69) is 29.6 Å². The molecule has 1 aliphatic heterocycles. The predicted octanol–water partition coefficient (Wildman–Crippen LogP) is 4.02. The lowest BCUT2D eigenvalue weighted by atomic mass is 9.98. The van der Waals surface area contributed by atoms with Crippen LogP contribution in [0.3, 0.4) is 0 Å². The Morgan fingerprint density at radius 1 is 1.03 bits per heavy atom. The molecule has 2 saturated carbocycles. The SMILES string of the molecule is O=C(O)CC1CCN(C(=O)C23CC(NC(=O)OCC4c5ccccc5-c5ccccc54)CC2C3)C1. The first-order chi connectivity index (χ1) is 16.9. The third kappa shape index (κ3) is 3.87. The normalized spacial score (nSPS) is 28.2. The topological polar surface area (TPSA) is 95.9 Å². The van der Waals surface area contributed by atoms with Gasteiger partial charge in [-0.1, -0.05) is 48.5 Å². The van der Waals surface area contributed by atoms with Crippen molar-refractivity contribution in [3.63, 3.8) is 0 Å². The summed E-state index contributed by atoms with van der Waals surface area (Å²) in [6.07, 6.45) is 2.74. The van der Waals surface area contributed by atoms with E-state index >= 15 is 0 Å². The van der Waals surface area contributed by atoms with E-state index < -0.39 is 12.1 Å². The molecule has 7 nitrogen and oxygen atoms in total. The summed E-state index contributed by atoms with van der Waals surface area (Å²) in [5, 5.41) is 12.0. The quantitative estimate of drug-likeness (QED) is 0.659. The van der Waals surface area contributed by atoms with Crippen LogP contribution in [0.1, 0.15) is 49.1 Å². The largest absolute Gasteiger partial charge is 0.481 e. The van der Waals surface area contributed by atoms with Crippen molar-refractivity contribution < 1.29 is 24.2 Å². The van der Waals surface area contributed by atoms with Crippen LogP contribution < -0.4 is 5.32 Å². The number of hydrogen-bond acceptors (Lipinski definition) is 4. The van der Waals surface area contributed by atoms with Crippen molar-refractivity contribution in [3.05, 3.63) is 59.7 Å². The third-order valence-corrected chi connectivity index (χ3v) is 8.54. The van der Waals surface area contributed by atoms with Gasteiger partial charge in [-0.25, -0.2) is 4.79 Å². The van der Waals surface area contributed by atoms with Gasteiger partial charge in [0.2, 0.25) is 5.91 Å². The second-order valence-electron chi connectivity index (χ2n) is 10.7. The molecular formula is C28H30N2O5. The zero-order valence-corrected chi connectivity index (χ0v) is 19.6. The molecule has 1 saturated heterocycles. The lowest BCUT2D eigenvalue weighted by Gasteiger charge is -2.23. The number of carboxylic acid groups (broad SMARTS) is 1. The number of carboxylic acids is 1. The number of amides is 2. The van der Waals surface area contributed by atoms with Gasteiger partial charge >= 0.3 is 12.1 Å². The number of rotatable bonds is 6. The van der Waals surface area contributed by atoms with E-state index in [-0.39, 0.29) is 42.2 Å². The Morgan fingerprint density at radius 2 is 1.71 bits per heavy atom. The van der Waals surface area contributed by atoms with Crippen LogP contribution in [0.2, 0.25) is 0 Å². The molecule has 1 heterocycles. The molecule has 3 aliphatic carbocycles. The molecule has 3 fully saturated rings. The average Bonchev–Trinajstić information content (AvgIpc) is 3.16. The van der Waals surface area contributed by atoms with Gasteiger partial charge < -0.3 is 20.1 Å². The molecule has 7 heteroatoms. The molecule has 4 aliphatic rings. The summed E-state index contributed by atoms with van der Waals surface area (Å²) in [5.74, 6) is -0.298. The molecule has 2 aromatic rings. The van der Waals surface area contributed by atoms with Crippen molar-refractivity contribution in [1.82, 2.24) is 10.2 Å². The van der Waals surface area contributed by atoms with Gasteiger partial charge in [0.1, 0.15) is 6.61 Å². The fourth-order valence-electron chi connectivity index (χ4n) is 6.82. The maximum atomic E-state index is 13.2. The van der Waals surface area contributed by atoms with Crippen molar-refractivity contribution in [2.24, 2.45) is 17.3 Å². The maximum absolute atomic E-state index is 13.2. The fraction of sp³-hybridized carbons (Fsp3) is 0.464. The number of fused-ring (bicyclic) bond motifs is 4. The standard InChI is InChI=1S/C28H30N2O5/c31-25(32)11-17-9-10-30(15-17)26(33)28-13-18(28)12-19(14-28)29-27(34)35-16-24-22-7-3-1-5-20(22)21-6-2-4-8-23(21)24/h1-8,17-19,24H,9-16H2,(H,29,34)(H,31,32). The molecule has 0 aromatic heterocycles. The zero-order valence-electron chi connectivity index (χ0n) is 19.6. The van der Waals surface area contributed by atoms with Crippen LogP contribution in [0, 0.1) is 17.3 Å². The van der Waals surface area contributed by atoms with Gasteiger partial charge in [0.05, 0.1) is 5.41 Å². The average molecular weight is 475 g/mol. The number of ether oxygens (including phenoxy) is 1. The Balaban J connectivity index is 1.04. The van der Waals surface area contributed by atoms with Crippen LogP contribution in [0.15, 0.2) is 48.5 Å². The van der Waals surface area contributed by atoms with Gasteiger partial charge in [0, 0.05) is 31.5 Å². The monoisotopic (exact) mass is 474 g/mol. The van der Waals surface area contributed by atoms with Crippen LogP contribution in [0.25, 0.3) is 11.1 Å². The van der Waals surface area contributed by atoms with Crippen molar-refractivity contribution in [1.29, 1.82) is 0 Å². The first-order valence-corrected chi connectivity index (χ1v) is 12.6. The number of likely N-dealkylation sites (tertiary alicyclic amines) is 1. The molecule has 4 unspecified atom stereocenters. The molecule has 2 N–H and O–H groups in total. The fourth-order valence-corrected chi connectivity index (χ4v) is 6.82. The Bertz CT molecular complexity index is 1150. The third-order valence-electron chi connectivity index (χ3n) is 8.54. The summed E-state index contributed by atoms with van der Waals surface area (Å²) in [4.78, 5) is 38.8. The van der Waals surface area contributed by atoms with E-state index in [0.717, 1.165) is 19.3 Å². The number of carbonyl (C=O) groups excluding carboxylic acids is 2. The van der Waals surface area contributed by atoms with E-state index in [0.29, 0.717) is 25.4 Å². The Morgan fingerprint density at radius 3 is 2.40 bits per heavy atom. The number of carbonyl (C=O) groups is 3. The first-order valence-electron chi connectivity index (χ1n) is 12.6. The molecule has 35 heavy (non-hydrogen) atoms. The Kier molecular flexibility index (Phi) is 5.31. The minimum atomic E-state index is -0.806. The van der Waals surface area contributed by atoms with Crippen LogP contribution >= 0.6 is 0 Å². The molecule has 4 atom stereocenters. The minimum absolute atomic E-state index is 0.0203. The highest BCUT2D eigenvalue weighted by Gasteiger charge is 2.66. The van der Waals surface area contributed by atoms with Gasteiger partial charge in [-0.3, -0.25) is 9.59 Å². The van der Waals surface area contributed by atoms with Crippen LogP contribution in [0.5, 0.6) is 0 Å². The highest BCUT2D eigenvalue weighted by Crippen LogP contribution is 2.64. The summed E-state index contributed by atoms with van der Waals surface area (Å²) in [6.45, 7) is 1.44. The van der Waals surface area contributed by atoms with Crippen molar-refractivity contribution in [2.75, 3.05) is 19.7 Å². The van der Waals surface area contributed by atoms with Gasteiger partial charge in [0.15, 0.2) is 0 Å². The van der Waals surface area contributed by atoms with Crippen molar-refractivity contribution in [3.8, 4) is 11.1 Å². The second-order valence-corrected chi connectivity index (χ2v) is 10.7. The minimum Gasteiger partial charge on any atom is -0.481 e. The Hall–Kier alpha value is -3.35. The molecular weight excluding hydrogens is 444 g/mol. The van der Waals surface area contributed by atoms with E-state index in [1.165, 1.54) is 22.3 Å². The van der Waals surface area contributed by atoms with Crippen molar-refractivity contribution in [2.45, 2.75) is 44.1 Å². The van der Waals surface area contributed by atoms with Gasteiger partial charge in [-0.2, -0.15) is 0 Å². The first kappa shape index (κ1) is 22.1. The molecule has 6 rings (SSSR count).